The van der Waals surface area contributed by atoms with Crippen molar-refractivity contribution in [3.05, 3.63) is 40.4 Å². The molecule has 20 heavy (non-hydrogen) atoms. The first-order valence-electron chi connectivity index (χ1n) is 6.62. The highest BCUT2D eigenvalue weighted by atomic mass is 16.6. The van der Waals surface area contributed by atoms with Crippen LogP contribution in [0.3, 0.4) is 0 Å². The van der Waals surface area contributed by atoms with Gasteiger partial charge in [-0.2, -0.15) is 0 Å². The van der Waals surface area contributed by atoms with Crippen LogP contribution < -0.4 is 5.32 Å². The molecule has 0 spiro atoms. The van der Waals surface area contributed by atoms with Gasteiger partial charge in [-0.15, -0.1) is 0 Å². The fourth-order valence-electron chi connectivity index (χ4n) is 2.36. The maximum absolute atomic E-state index is 10.7. The Hall–Kier alpha value is -2.21. The molecule has 1 aliphatic heterocycles. The lowest BCUT2D eigenvalue weighted by Crippen LogP contribution is -2.28. The van der Waals surface area contributed by atoms with Gasteiger partial charge in [-0.25, -0.2) is 4.98 Å². The van der Waals surface area contributed by atoms with E-state index in [0.29, 0.717) is 6.04 Å². The van der Waals surface area contributed by atoms with Crippen LogP contribution in [-0.2, 0) is 4.74 Å². The molecule has 2 heterocycles. The third kappa shape index (κ3) is 2.70. The molecule has 1 saturated heterocycles. The summed E-state index contributed by atoms with van der Waals surface area (Å²) in [5, 5.41) is 14.9. The Morgan fingerprint density at radius 1 is 1.25 bits per heavy atom. The highest BCUT2D eigenvalue weighted by Crippen LogP contribution is 2.22. The van der Waals surface area contributed by atoms with Crippen LogP contribution in [0.4, 0.5) is 11.5 Å². The molecule has 3 rings (SSSR count). The molecule has 1 N–H and O–H groups in total. The number of ether oxygens (including phenoxy) is 1. The van der Waals surface area contributed by atoms with Gasteiger partial charge < -0.3 is 10.1 Å². The molecule has 1 aliphatic rings. The third-order valence-corrected chi connectivity index (χ3v) is 3.46. The van der Waals surface area contributed by atoms with Crippen LogP contribution in [0.5, 0.6) is 0 Å². The summed E-state index contributed by atoms with van der Waals surface area (Å²) in [4.78, 5) is 14.8. The molecule has 2 aromatic rings. The maximum Gasteiger partial charge on any atom is 0.270 e. The van der Waals surface area contributed by atoms with Crippen LogP contribution in [0, 0.1) is 10.1 Å². The number of benzene rings is 1. The smallest absolute Gasteiger partial charge is 0.270 e. The van der Waals surface area contributed by atoms with Crippen LogP contribution >= 0.6 is 0 Å². The molecule has 1 aromatic carbocycles. The summed E-state index contributed by atoms with van der Waals surface area (Å²) in [7, 11) is 0. The van der Waals surface area contributed by atoms with Gasteiger partial charge in [0.05, 0.1) is 10.4 Å². The van der Waals surface area contributed by atoms with E-state index in [1.165, 1.54) is 6.07 Å². The highest BCUT2D eigenvalue weighted by molar-refractivity contribution is 5.82. The Morgan fingerprint density at radius 3 is 2.80 bits per heavy atom. The number of nitrogens with zero attached hydrogens (tertiary/aromatic N) is 2. The molecule has 0 bridgehead atoms. The minimum absolute atomic E-state index is 0.0874. The molecule has 0 amide bonds. The zero-order valence-electron chi connectivity index (χ0n) is 10.9. The fourth-order valence-corrected chi connectivity index (χ4v) is 2.36. The number of nitro groups is 1. The number of pyridine rings is 1. The Balaban J connectivity index is 1.83. The Morgan fingerprint density at radius 2 is 2.05 bits per heavy atom. The monoisotopic (exact) mass is 273 g/mol. The number of nitro benzene ring substituents is 1. The van der Waals surface area contributed by atoms with E-state index in [0.717, 1.165) is 42.8 Å². The van der Waals surface area contributed by atoms with Crippen molar-refractivity contribution in [1.82, 2.24) is 4.98 Å². The summed E-state index contributed by atoms with van der Waals surface area (Å²) in [6.07, 6.45) is 1.94. The van der Waals surface area contributed by atoms with Crippen molar-refractivity contribution in [2.45, 2.75) is 18.9 Å². The molecule has 0 unspecified atom stereocenters. The fraction of sp³-hybridized carbons (Fsp3) is 0.357. The largest absolute Gasteiger partial charge is 0.381 e. The minimum atomic E-state index is -0.395. The second kappa shape index (κ2) is 5.42. The summed E-state index contributed by atoms with van der Waals surface area (Å²) in [6.45, 7) is 1.55. The van der Waals surface area contributed by atoms with Gasteiger partial charge in [0.2, 0.25) is 0 Å². The van der Waals surface area contributed by atoms with E-state index in [1.54, 1.807) is 12.1 Å². The predicted octanol–water partition coefficient (Wildman–Crippen LogP) is 2.73. The average molecular weight is 273 g/mol. The first-order chi connectivity index (χ1) is 9.72. The van der Waals surface area contributed by atoms with Crippen LogP contribution in [-0.4, -0.2) is 29.2 Å². The predicted molar refractivity (Wildman–Crippen MR) is 75.9 cm³/mol. The molecular weight excluding hydrogens is 258 g/mol. The Bertz CT molecular complexity index is 639. The zero-order chi connectivity index (χ0) is 13.9. The van der Waals surface area contributed by atoms with E-state index in [2.05, 4.69) is 10.3 Å². The first-order valence-corrected chi connectivity index (χ1v) is 6.62. The molecule has 0 radical (unpaired) electrons. The van der Waals surface area contributed by atoms with E-state index in [9.17, 15) is 10.1 Å². The molecule has 0 saturated carbocycles. The van der Waals surface area contributed by atoms with Gasteiger partial charge in [-0.1, -0.05) is 0 Å². The summed E-state index contributed by atoms with van der Waals surface area (Å²) in [5.74, 6) is 0.804. The lowest BCUT2D eigenvalue weighted by atomic mass is 10.1. The number of non-ortho nitro benzene ring substituents is 1. The first kappa shape index (κ1) is 12.8. The Kier molecular flexibility index (Phi) is 3.47. The van der Waals surface area contributed by atoms with E-state index in [4.69, 9.17) is 4.74 Å². The van der Waals surface area contributed by atoms with Crippen molar-refractivity contribution < 1.29 is 9.66 Å². The maximum atomic E-state index is 10.7. The number of anilines is 1. The normalized spacial score (nSPS) is 16.2. The summed E-state index contributed by atoms with van der Waals surface area (Å²) < 4.78 is 5.32. The van der Waals surface area contributed by atoms with Gasteiger partial charge >= 0.3 is 0 Å². The topological polar surface area (TPSA) is 77.3 Å². The van der Waals surface area contributed by atoms with Gasteiger partial charge in [-0.05, 0) is 31.0 Å². The van der Waals surface area contributed by atoms with Gasteiger partial charge in [0.25, 0.3) is 5.69 Å². The van der Waals surface area contributed by atoms with Crippen molar-refractivity contribution in [2.24, 2.45) is 0 Å². The summed E-state index contributed by atoms with van der Waals surface area (Å²) in [5.41, 5.74) is 0.845. The standard InChI is InChI=1S/C14H15N3O3/c18-17(19)12-2-3-13-10(9-12)1-4-14(16-13)15-11-5-7-20-8-6-11/h1-4,9,11H,5-8H2,(H,15,16). The van der Waals surface area contributed by atoms with Crippen molar-refractivity contribution in [3.8, 4) is 0 Å². The molecule has 1 aromatic heterocycles. The number of nitrogens with one attached hydrogen (secondary N) is 1. The van der Waals surface area contributed by atoms with Crippen LogP contribution in [0.2, 0.25) is 0 Å². The summed E-state index contributed by atoms with van der Waals surface area (Å²) >= 11 is 0. The minimum Gasteiger partial charge on any atom is -0.381 e. The number of rotatable bonds is 3. The van der Waals surface area contributed by atoms with Crippen LogP contribution in [0.1, 0.15) is 12.8 Å². The average Bonchev–Trinajstić information content (AvgIpc) is 2.47. The van der Waals surface area contributed by atoms with Crippen molar-refractivity contribution >= 4 is 22.4 Å². The second-order valence-electron chi connectivity index (χ2n) is 4.86. The molecule has 0 aliphatic carbocycles. The molecule has 6 heteroatoms. The number of hydrogen-bond donors (Lipinski definition) is 1. The molecule has 0 atom stereocenters. The SMILES string of the molecule is O=[N+]([O-])c1ccc2nc(NC3CCOCC3)ccc2c1. The third-order valence-electron chi connectivity index (χ3n) is 3.46. The van der Waals surface area contributed by atoms with Crippen molar-refractivity contribution in [3.63, 3.8) is 0 Å². The van der Waals surface area contributed by atoms with Gasteiger partial charge in [0.15, 0.2) is 0 Å². The van der Waals surface area contributed by atoms with E-state index in [1.807, 2.05) is 12.1 Å². The lowest BCUT2D eigenvalue weighted by Gasteiger charge is -2.23. The van der Waals surface area contributed by atoms with E-state index < -0.39 is 4.92 Å². The molecule has 6 nitrogen and oxygen atoms in total. The van der Waals surface area contributed by atoms with Gasteiger partial charge in [0.1, 0.15) is 5.82 Å². The quantitative estimate of drug-likeness (QED) is 0.687. The van der Waals surface area contributed by atoms with Gasteiger partial charge in [0, 0.05) is 36.8 Å². The van der Waals surface area contributed by atoms with Gasteiger partial charge in [-0.3, -0.25) is 10.1 Å². The number of fused-ring (bicyclic) bond motifs is 1. The highest BCUT2D eigenvalue weighted by Gasteiger charge is 2.14. The lowest BCUT2D eigenvalue weighted by molar-refractivity contribution is -0.384. The number of aromatic nitrogens is 1. The van der Waals surface area contributed by atoms with E-state index in [-0.39, 0.29) is 5.69 Å². The molecular formula is C14H15N3O3. The summed E-state index contributed by atoms with van der Waals surface area (Å²) in [6, 6.07) is 8.81. The van der Waals surface area contributed by atoms with Crippen LogP contribution in [0.25, 0.3) is 10.9 Å². The van der Waals surface area contributed by atoms with Crippen LogP contribution in [0.15, 0.2) is 30.3 Å². The van der Waals surface area contributed by atoms with Crippen molar-refractivity contribution in [2.75, 3.05) is 18.5 Å². The zero-order valence-corrected chi connectivity index (χ0v) is 10.9. The number of hydrogen-bond acceptors (Lipinski definition) is 5. The van der Waals surface area contributed by atoms with E-state index >= 15 is 0 Å². The second-order valence-corrected chi connectivity index (χ2v) is 4.86. The Labute approximate surface area is 115 Å². The molecule has 1 fully saturated rings. The van der Waals surface area contributed by atoms with Crippen molar-refractivity contribution in [1.29, 1.82) is 0 Å². The molecule has 104 valence electrons.